The van der Waals surface area contributed by atoms with E-state index in [0.29, 0.717) is 0 Å². The van der Waals surface area contributed by atoms with Crippen LogP contribution in [0.25, 0.3) is 10.1 Å². The summed E-state index contributed by atoms with van der Waals surface area (Å²) in [7, 11) is 0. The Hall–Kier alpha value is -1.78. The quantitative estimate of drug-likeness (QED) is 0.770. The van der Waals surface area contributed by atoms with Crippen LogP contribution >= 0.6 is 11.3 Å². The molecule has 0 bridgehead atoms. The first-order valence-corrected chi connectivity index (χ1v) is 7.83. The van der Waals surface area contributed by atoms with Crippen molar-refractivity contribution in [3.05, 3.63) is 64.5 Å². The average Bonchev–Trinajstić information content (AvgIpc) is 2.88. The third-order valence-corrected chi connectivity index (χ3v) is 4.75. The van der Waals surface area contributed by atoms with Gasteiger partial charge in [0.15, 0.2) is 0 Å². The number of hydrogen-bond acceptors (Lipinski definition) is 3. The van der Waals surface area contributed by atoms with Crippen molar-refractivity contribution >= 4 is 21.4 Å². The fourth-order valence-corrected chi connectivity index (χ4v) is 3.70. The van der Waals surface area contributed by atoms with Gasteiger partial charge in [-0.15, -0.1) is 11.3 Å². The molecule has 0 aliphatic heterocycles. The minimum atomic E-state index is -0.187. The number of nitrogens with one attached hydrogen (secondary N) is 1. The van der Waals surface area contributed by atoms with Gasteiger partial charge in [0.1, 0.15) is 5.82 Å². The lowest BCUT2D eigenvalue weighted by Gasteiger charge is -2.18. The molecule has 2 aromatic heterocycles. The van der Waals surface area contributed by atoms with E-state index in [-0.39, 0.29) is 11.9 Å². The van der Waals surface area contributed by atoms with Crippen LogP contribution in [0.4, 0.5) is 4.39 Å². The molecule has 1 N–H and O–H groups in total. The van der Waals surface area contributed by atoms with Gasteiger partial charge in [-0.25, -0.2) is 4.39 Å². The Morgan fingerprint density at radius 3 is 2.90 bits per heavy atom. The van der Waals surface area contributed by atoms with Crippen molar-refractivity contribution in [2.45, 2.75) is 19.9 Å². The number of fused-ring (bicyclic) bond motifs is 1. The zero-order valence-corrected chi connectivity index (χ0v) is 12.9. The lowest BCUT2D eigenvalue weighted by molar-refractivity contribution is 0.630. The number of benzene rings is 1. The van der Waals surface area contributed by atoms with Crippen LogP contribution in [0.15, 0.2) is 42.7 Å². The van der Waals surface area contributed by atoms with Crippen LogP contribution in [0.1, 0.15) is 29.0 Å². The van der Waals surface area contributed by atoms with Gasteiger partial charge in [0.05, 0.1) is 6.04 Å². The second-order valence-electron chi connectivity index (χ2n) is 5.05. The molecule has 3 aromatic rings. The van der Waals surface area contributed by atoms with Gasteiger partial charge in [-0.1, -0.05) is 13.0 Å². The number of aryl methyl sites for hydroxylation is 1. The van der Waals surface area contributed by atoms with Gasteiger partial charge in [0, 0.05) is 22.0 Å². The summed E-state index contributed by atoms with van der Waals surface area (Å²) in [4.78, 5) is 5.44. The van der Waals surface area contributed by atoms with E-state index in [1.165, 1.54) is 22.1 Å². The van der Waals surface area contributed by atoms with Crippen molar-refractivity contribution in [1.29, 1.82) is 0 Å². The second kappa shape index (κ2) is 5.92. The molecule has 1 atom stereocenters. The number of halogens is 1. The van der Waals surface area contributed by atoms with E-state index >= 15 is 0 Å². The molecule has 0 saturated carbocycles. The predicted octanol–water partition coefficient (Wildman–Crippen LogP) is 4.44. The van der Waals surface area contributed by atoms with E-state index < -0.39 is 0 Å². The number of pyridine rings is 1. The Morgan fingerprint density at radius 1 is 1.29 bits per heavy atom. The fraction of sp³-hybridized carbons (Fsp3) is 0.235. The second-order valence-corrected chi connectivity index (χ2v) is 6.17. The summed E-state index contributed by atoms with van der Waals surface area (Å²) in [6.07, 6.45) is 3.72. The first kappa shape index (κ1) is 14.2. The van der Waals surface area contributed by atoms with Crippen LogP contribution in [-0.4, -0.2) is 11.5 Å². The Morgan fingerprint density at radius 2 is 2.14 bits per heavy atom. The SMILES string of the molecule is CCNC(c1cc2ccc(F)cc2s1)c1cnccc1C. The number of nitrogens with zero attached hydrogens (tertiary/aromatic N) is 1. The standard InChI is InChI=1S/C17H17FN2S/c1-3-20-17(14-10-19-7-6-11(14)2)16-8-12-4-5-13(18)9-15(12)21-16/h4-10,17,20H,3H2,1-2H3. The van der Waals surface area contributed by atoms with E-state index in [1.54, 1.807) is 17.4 Å². The van der Waals surface area contributed by atoms with Crippen molar-refractivity contribution in [3.8, 4) is 0 Å². The Kier molecular flexibility index (Phi) is 3.99. The van der Waals surface area contributed by atoms with Crippen molar-refractivity contribution < 1.29 is 4.39 Å². The van der Waals surface area contributed by atoms with Crippen molar-refractivity contribution in [2.75, 3.05) is 6.54 Å². The Bertz CT molecular complexity index is 766. The van der Waals surface area contributed by atoms with Gasteiger partial charge < -0.3 is 5.32 Å². The van der Waals surface area contributed by atoms with Crippen molar-refractivity contribution in [2.24, 2.45) is 0 Å². The van der Waals surface area contributed by atoms with Gasteiger partial charge in [-0.2, -0.15) is 0 Å². The highest BCUT2D eigenvalue weighted by molar-refractivity contribution is 7.19. The van der Waals surface area contributed by atoms with E-state index in [9.17, 15) is 4.39 Å². The molecule has 21 heavy (non-hydrogen) atoms. The topological polar surface area (TPSA) is 24.9 Å². The molecule has 4 heteroatoms. The lowest BCUT2D eigenvalue weighted by Crippen LogP contribution is -2.22. The summed E-state index contributed by atoms with van der Waals surface area (Å²) in [6.45, 7) is 5.04. The molecule has 3 rings (SSSR count). The summed E-state index contributed by atoms with van der Waals surface area (Å²) in [5, 5.41) is 4.59. The Labute approximate surface area is 127 Å². The van der Waals surface area contributed by atoms with Gasteiger partial charge >= 0.3 is 0 Å². The van der Waals surface area contributed by atoms with Gasteiger partial charge in [0.2, 0.25) is 0 Å². The van der Waals surface area contributed by atoms with Crippen LogP contribution in [-0.2, 0) is 0 Å². The van der Waals surface area contributed by atoms with Crippen LogP contribution in [0.3, 0.4) is 0 Å². The lowest BCUT2D eigenvalue weighted by atomic mass is 10.0. The van der Waals surface area contributed by atoms with Crippen LogP contribution < -0.4 is 5.32 Å². The maximum absolute atomic E-state index is 13.4. The number of hydrogen-bond donors (Lipinski definition) is 1. The van der Waals surface area contributed by atoms with Gasteiger partial charge in [-0.05, 0) is 54.2 Å². The summed E-state index contributed by atoms with van der Waals surface area (Å²) in [6, 6.07) is 9.21. The molecule has 108 valence electrons. The molecular weight excluding hydrogens is 283 g/mol. The molecule has 0 amide bonds. The van der Waals surface area contributed by atoms with E-state index in [0.717, 1.165) is 16.6 Å². The largest absolute Gasteiger partial charge is 0.306 e. The number of aromatic nitrogens is 1. The maximum Gasteiger partial charge on any atom is 0.124 e. The molecule has 0 spiro atoms. The monoisotopic (exact) mass is 300 g/mol. The minimum Gasteiger partial charge on any atom is -0.306 e. The van der Waals surface area contributed by atoms with Crippen molar-refractivity contribution in [3.63, 3.8) is 0 Å². The smallest absolute Gasteiger partial charge is 0.124 e. The zero-order chi connectivity index (χ0) is 14.8. The van der Waals surface area contributed by atoms with Crippen LogP contribution in [0, 0.1) is 12.7 Å². The molecule has 1 aromatic carbocycles. The third kappa shape index (κ3) is 2.82. The summed E-state index contributed by atoms with van der Waals surface area (Å²) in [5.74, 6) is -0.187. The molecule has 0 radical (unpaired) electrons. The molecule has 2 nitrogen and oxygen atoms in total. The van der Waals surface area contributed by atoms with E-state index in [1.807, 2.05) is 24.5 Å². The highest BCUT2D eigenvalue weighted by atomic mass is 32.1. The molecule has 0 fully saturated rings. The Balaban J connectivity index is 2.09. The highest BCUT2D eigenvalue weighted by Crippen LogP contribution is 2.34. The zero-order valence-electron chi connectivity index (χ0n) is 12.1. The molecule has 2 heterocycles. The number of thiophene rings is 1. The van der Waals surface area contributed by atoms with Gasteiger partial charge in [0.25, 0.3) is 0 Å². The highest BCUT2D eigenvalue weighted by Gasteiger charge is 2.18. The predicted molar refractivity (Wildman–Crippen MR) is 86.3 cm³/mol. The molecule has 0 aliphatic rings. The normalized spacial score (nSPS) is 12.7. The van der Waals surface area contributed by atoms with Crippen LogP contribution in [0.2, 0.25) is 0 Å². The molecule has 0 aliphatic carbocycles. The molecule has 0 saturated heterocycles. The summed E-state index contributed by atoms with van der Waals surface area (Å²) >= 11 is 1.63. The number of rotatable bonds is 4. The van der Waals surface area contributed by atoms with E-state index in [2.05, 4.69) is 30.2 Å². The fourth-order valence-electron chi connectivity index (χ4n) is 2.51. The summed E-state index contributed by atoms with van der Waals surface area (Å²) in [5.41, 5.74) is 2.38. The first-order valence-electron chi connectivity index (χ1n) is 7.02. The van der Waals surface area contributed by atoms with Gasteiger partial charge in [-0.3, -0.25) is 4.98 Å². The molecule has 1 unspecified atom stereocenters. The summed E-state index contributed by atoms with van der Waals surface area (Å²) < 4.78 is 14.3. The molecular formula is C17H17FN2S. The maximum atomic E-state index is 13.4. The van der Waals surface area contributed by atoms with Crippen LogP contribution in [0.5, 0.6) is 0 Å². The third-order valence-electron chi connectivity index (χ3n) is 3.58. The first-order chi connectivity index (χ1) is 10.2. The van der Waals surface area contributed by atoms with E-state index in [4.69, 9.17) is 0 Å². The van der Waals surface area contributed by atoms with Crippen molar-refractivity contribution in [1.82, 2.24) is 10.3 Å². The minimum absolute atomic E-state index is 0.101. The average molecular weight is 300 g/mol.